The molecule has 1 amide bonds. The fraction of sp³-hybridized carbons (Fsp3) is 0.261. The van der Waals surface area contributed by atoms with Crippen LogP contribution in [0.15, 0.2) is 54.0 Å². The molecule has 1 aromatic carbocycles. The Morgan fingerprint density at radius 1 is 1.26 bits per heavy atom. The summed E-state index contributed by atoms with van der Waals surface area (Å²) < 4.78 is 4.90. The molecule has 0 bridgehead atoms. The molecule has 0 unspecified atom stereocenters. The summed E-state index contributed by atoms with van der Waals surface area (Å²) in [6.45, 7) is 4.12. The first kappa shape index (κ1) is 21.4. The van der Waals surface area contributed by atoms with Crippen LogP contribution < -0.4 is 15.5 Å². The van der Waals surface area contributed by atoms with E-state index in [0.717, 1.165) is 22.6 Å². The number of anilines is 2. The number of ether oxygens (including phenoxy) is 1. The van der Waals surface area contributed by atoms with Crippen molar-refractivity contribution in [3.05, 3.63) is 75.7 Å². The highest BCUT2D eigenvalue weighted by Crippen LogP contribution is 2.44. The Morgan fingerprint density at radius 3 is 2.74 bits per heavy atom. The van der Waals surface area contributed by atoms with Crippen LogP contribution in [-0.4, -0.2) is 29.7 Å². The van der Waals surface area contributed by atoms with Gasteiger partial charge in [0.15, 0.2) is 5.11 Å². The average Bonchev–Trinajstić information content (AvgIpc) is 3.32. The van der Waals surface area contributed by atoms with E-state index in [1.807, 2.05) is 49.5 Å². The van der Waals surface area contributed by atoms with Crippen molar-refractivity contribution in [3.8, 4) is 0 Å². The minimum absolute atomic E-state index is 0.0178. The summed E-state index contributed by atoms with van der Waals surface area (Å²) in [6.07, 6.45) is 1.81. The molecule has 6 nitrogen and oxygen atoms in total. The lowest BCUT2D eigenvalue weighted by atomic mass is 10.00. The molecule has 0 saturated carbocycles. The first-order valence-electron chi connectivity index (χ1n) is 9.93. The van der Waals surface area contributed by atoms with Crippen LogP contribution >= 0.6 is 23.6 Å². The summed E-state index contributed by atoms with van der Waals surface area (Å²) in [5, 5.41) is 9.13. The Morgan fingerprint density at radius 2 is 2.10 bits per heavy atom. The van der Waals surface area contributed by atoms with E-state index < -0.39 is 0 Å². The van der Waals surface area contributed by atoms with E-state index in [1.54, 1.807) is 11.3 Å². The molecule has 160 valence electrons. The van der Waals surface area contributed by atoms with Crippen molar-refractivity contribution >= 4 is 45.9 Å². The van der Waals surface area contributed by atoms with E-state index in [2.05, 4.69) is 38.9 Å². The van der Waals surface area contributed by atoms with Crippen LogP contribution in [0.5, 0.6) is 0 Å². The number of nitrogens with one attached hydrogen (secondary N) is 2. The fourth-order valence-electron chi connectivity index (χ4n) is 3.84. The second-order valence-corrected chi connectivity index (χ2v) is 8.78. The number of methoxy groups -OCH3 is 1. The lowest BCUT2D eigenvalue weighted by Gasteiger charge is -2.28. The number of rotatable bonds is 6. The number of carbonyl (C=O) groups is 1. The Hall–Kier alpha value is -2.81. The predicted molar refractivity (Wildman–Crippen MR) is 129 cm³/mol. The summed E-state index contributed by atoms with van der Waals surface area (Å²) in [5.41, 5.74) is 4.86. The molecule has 0 spiro atoms. The number of aryl methyl sites for hydroxylation is 2. The molecule has 0 radical (unpaired) electrons. The second kappa shape index (κ2) is 9.13. The summed E-state index contributed by atoms with van der Waals surface area (Å²) in [7, 11) is 1.50. The van der Waals surface area contributed by atoms with Gasteiger partial charge in [-0.15, -0.1) is 11.3 Å². The molecule has 1 aliphatic rings. The number of hydrogen-bond donors (Lipinski definition) is 2. The smallest absolute Gasteiger partial charge is 0.250 e. The van der Waals surface area contributed by atoms with Gasteiger partial charge in [0, 0.05) is 29.6 Å². The predicted octanol–water partition coefficient (Wildman–Crippen LogP) is 4.52. The monoisotopic (exact) mass is 452 g/mol. The van der Waals surface area contributed by atoms with Crippen molar-refractivity contribution in [2.75, 3.05) is 23.9 Å². The molecule has 31 heavy (non-hydrogen) atoms. The third-order valence-corrected chi connectivity index (χ3v) is 6.71. The lowest BCUT2D eigenvalue weighted by molar-refractivity contribution is -0.119. The van der Waals surface area contributed by atoms with Gasteiger partial charge in [-0.05, 0) is 79.0 Å². The Bertz CT molecular complexity index is 1100. The fourth-order valence-corrected chi connectivity index (χ4v) is 5.24. The quantitative estimate of drug-likeness (QED) is 0.536. The van der Waals surface area contributed by atoms with Crippen LogP contribution in [-0.2, 0) is 9.53 Å². The number of amides is 1. The summed E-state index contributed by atoms with van der Waals surface area (Å²) in [5.74, 6) is -0.181. The minimum atomic E-state index is -0.181. The molecule has 3 aromatic rings. The van der Waals surface area contributed by atoms with Gasteiger partial charge in [-0.2, -0.15) is 0 Å². The number of hydrogen-bond acceptors (Lipinski definition) is 5. The molecule has 1 saturated heterocycles. The molecule has 4 rings (SSSR count). The van der Waals surface area contributed by atoms with E-state index in [1.165, 1.54) is 17.6 Å². The zero-order chi connectivity index (χ0) is 22.0. The SMILES string of the molecule is COCC(=O)Nc1ccc(N2C(=S)N[C@H](c3ccccn3)[C@H]2c2sccc2C)cc1C. The van der Waals surface area contributed by atoms with Crippen LogP contribution in [0.1, 0.15) is 33.8 Å². The van der Waals surface area contributed by atoms with Crippen molar-refractivity contribution < 1.29 is 9.53 Å². The van der Waals surface area contributed by atoms with Crippen molar-refractivity contribution in [1.29, 1.82) is 0 Å². The number of benzene rings is 1. The van der Waals surface area contributed by atoms with Gasteiger partial charge in [-0.1, -0.05) is 6.07 Å². The largest absolute Gasteiger partial charge is 0.375 e. The molecule has 2 aromatic heterocycles. The zero-order valence-electron chi connectivity index (χ0n) is 17.6. The van der Waals surface area contributed by atoms with E-state index >= 15 is 0 Å². The van der Waals surface area contributed by atoms with Gasteiger partial charge >= 0.3 is 0 Å². The van der Waals surface area contributed by atoms with Crippen LogP contribution in [0.4, 0.5) is 11.4 Å². The highest BCUT2D eigenvalue weighted by Gasteiger charge is 2.42. The molecular weight excluding hydrogens is 428 g/mol. The molecule has 3 heterocycles. The van der Waals surface area contributed by atoms with E-state index in [4.69, 9.17) is 17.0 Å². The van der Waals surface area contributed by atoms with Gasteiger partial charge in [0.1, 0.15) is 6.61 Å². The van der Waals surface area contributed by atoms with Crippen LogP contribution in [0.25, 0.3) is 0 Å². The number of carbonyl (C=O) groups excluding carboxylic acids is 1. The topological polar surface area (TPSA) is 66.5 Å². The normalized spacial score (nSPS) is 18.2. The molecule has 0 aliphatic carbocycles. The third kappa shape index (κ3) is 4.32. The first-order chi connectivity index (χ1) is 15.0. The molecule has 2 N–H and O–H groups in total. The molecule has 8 heteroatoms. The third-order valence-electron chi connectivity index (χ3n) is 5.31. The van der Waals surface area contributed by atoms with Gasteiger partial charge in [0.25, 0.3) is 0 Å². The summed E-state index contributed by atoms with van der Waals surface area (Å²) >= 11 is 7.51. The van der Waals surface area contributed by atoms with E-state index in [9.17, 15) is 4.79 Å². The molecule has 2 atom stereocenters. The van der Waals surface area contributed by atoms with Gasteiger partial charge in [-0.3, -0.25) is 9.78 Å². The van der Waals surface area contributed by atoms with Gasteiger partial charge < -0.3 is 20.3 Å². The van der Waals surface area contributed by atoms with E-state index in [0.29, 0.717) is 5.11 Å². The molecule has 1 aliphatic heterocycles. The number of thiocarbonyl (C=S) groups is 1. The van der Waals surface area contributed by atoms with Crippen molar-refractivity contribution in [3.63, 3.8) is 0 Å². The molecule has 1 fully saturated rings. The standard InChI is InChI=1S/C23H24N4O2S2/c1-14-9-11-31-22(14)21-20(18-6-4-5-10-24-18)26-23(30)27(21)16-7-8-17(15(2)12-16)25-19(28)13-29-3/h4-12,20-21H,13H2,1-3H3,(H,25,28)(H,26,30)/t20-,21+/m1/s1. The van der Waals surface area contributed by atoms with Crippen molar-refractivity contribution in [1.82, 2.24) is 10.3 Å². The average molecular weight is 453 g/mol. The Kier molecular flexibility index (Phi) is 6.31. The van der Waals surface area contributed by atoms with Gasteiger partial charge in [0.05, 0.1) is 17.8 Å². The summed E-state index contributed by atoms with van der Waals surface area (Å²) in [4.78, 5) is 19.9. The minimum Gasteiger partial charge on any atom is -0.375 e. The summed E-state index contributed by atoms with van der Waals surface area (Å²) in [6, 6.07) is 13.9. The molecular formula is C23H24N4O2S2. The highest BCUT2D eigenvalue weighted by atomic mass is 32.1. The van der Waals surface area contributed by atoms with Crippen molar-refractivity contribution in [2.45, 2.75) is 25.9 Å². The maximum absolute atomic E-state index is 11.9. The van der Waals surface area contributed by atoms with Gasteiger partial charge in [-0.25, -0.2) is 0 Å². The number of aromatic nitrogens is 1. The maximum Gasteiger partial charge on any atom is 0.250 e. The van der Waals surface area contributed by atoms with Crippen LogP contribution in [0.3, 0.4) is 0 Å². The van der Waals surface area contributed by atoms with E-state index in [-0.39, 0.29) is 24.6 Å². The Balaban J connectivity index is 1.72. The highest BCUT2D eigenvalue weighted by molar-refractivity contribution is 7.80. The zero-order valence-corrected chi connectivity index (χ0v) is 19.2. The number of thiophene rings is 1. The first-order valence-corrected chi connectivity index (χ1v) is 11.2. The Labute approximate surface area is 191 Å². The maximum atomic E-state index is 11.9. The number of nitrogens with zero attached hydrogens (tertiary/aromatic N) is 2. The number of pyridine rings is 1. The van der Waals surface area contributed by atoms with Gasteiger partial charge in [0.2, 0.25) is 5.91 Å². The van der Waals surface area contributed by atoms with Crippen molar-refractivity contribution in [2.24, 2.45) is 0 Å². The lowest BCUT2D eigenvalue weighted by Crippen LogP contribution is -2.29. The van der Waals surface area contributed by atoms with Crippen LogP contribution in [0, 0.1) is 13.8 Å². The van der Waals surface area contributed by atoms with Crippen LogP contribution in [0.2, 0.25) is 0 Å². The second-order valence-electron chi connectivity index (χ2n) is 7.44.